The van der Waals surface area contributed by atoms with Gasteiger partial charge >= 0.3 is 11.9 Å². The Bertz CT molecular complexity index is 1070. The molecule has 0 fully saturated rings. The molecule has 0 aliphatic carbocycles. The first-order valence-corrected chi connectivity index (χ1v) is 8.66. The van der Waals surface area contributed by atoms with Crippen LogP contribution in [0.2, 0.25) is 0 Å². The van der Waals surface area contributed by atoms with Crippen molar-refractivity contribution in [3.63, 3.8) is 0 Å². The fourth-order valence-corrected chi connectivity index (χ4v) is 2.94. The van der Waals surface area contributed by atoms with E-state index in [9.17, 15) is 14.4 Å². The fraction of sp³-hybridized carbons (Fsp3) is 0.136. The van der Waals surface area contributed by atoms with Crippen LogP contribution in [0.1, 0.15) is 31.1 Å². The molecule has 29 heavy (non-hydrogen) atoms. The molecule has 7 heteroatoms. The van der Waals surface area contributed by atoms with E-state index in [1.54, 1.807) is 12.1 Å². The minimum absolute atomic E-state index is 0.108. The number of anilines is 1. The van der Waals surface area contributed by atoms with Crippen molar-refractivity contribution in [2.24, 2.45) is 0 Å². The summed E-state index contributed by atoms with van der Waals surface area (Å²) in [5.41, 5.74) is 0.773. The molecule has 0 radical (unpaired) electrons. The minimum atomic E-state index is -0.644. The molecule has 0 aliphatic rings. The number of benzene rings is 3. The van der Waals surface area contributed by atoms with E-state index in [-0.39, 0.29) is 16.8 Å². The first-order chi connectivity index (χ1) is 14.0. The lowest BCUT2D eigenvalue weighted by Crippen LogP contribution is -2.15. The Morgan fingerprint density at radius 3 is 1.83 bits per heavy atom. The lowest BCUT2D eigenvalue weighted by atomic mass is 10.0. The molecule has 1 N–H and O–H groups in total. The van der Waals surface area contributed by atoms with Gasteiger partial charge in [0, 0.05) is 5.69 Å². The standard InChI is InChI=1S/C22H19NO6/c1-27-19-12-14-7-5-4-6-13(14)11-18(19)20(24)23-17-9-15(21(25)28-2)8-16(10-17)22(26)29-3/h4-12H,1-3H3,(H,23,24). The van der Waals surface area contributed by atoms with Crippen LogP contribution in [0.15, 0.2) is 54.6 Å². The van der Waals surface area contributed by atoms with Crippen LogP contribution >= 0.6 is 0 Å². The van der Waals surface area contributed by atoms with Crippen molar-refractivity contribution in [3.05, 3.63) is 71.3 Å². The number of ether oxygens (including phenoxy) is 3. The summed E-state index contributed by atoms with van der Waals surface area (Å²) >= 11 is 0. The number of esters is 2. The summed E-state index contributed by atoms with van der Waals surface area (Å²) in [5.74, 6) is -1.34. The quantitative estimate of drug-likeness (QED) is 0.665. The molecule has 0 atom stereocenters. The highest BCUT2D eigenvalue weighted by Crippen LogP contribution is 2.27. The van der Waals surface area contributed by atoms with E-state index in [4.69, 9.17) is 14.2 Å². The van der Waals surface area contributed by atoms with Crippen LogP contribution in [-0.4, -0.2) is 39.2 Å². The van der Waals surface area contributed by atoms with Crippen molar-refractivity contribution in [3.8, 4) is 5.75 Å². The zero-order valence-electron chi connectivity index (χ0n) is 16.1. The Morgan fingerprint density at radius 2 is 1.31 bits per heavy atom. The second-order valence-electron chi connectivity index (χ2n) is 6.14. The van der Waals surface area contributed by atoms with Crippen LogP contribution in [0.5, 0.6) is 5.75 Å². The molecular weight excluding hydrogens is 374 g/mol. The van der Waals surface area contributed by atoms with E-state index >= 15 is 0 Å². The molecule has 0 saturated heterocycles. The zero-order valence-corrected chi connectivity index (χ0v) is 16.1. The first kappa shape index (κ1) is 19.9. The number of hydrogen-bond donors (Lipinski definition) is 1. The van der Waals surface area contributed by atoms with Gasteiger partial charge in [-0.1, -0.05) is 24.3 Å². The summed E-state index contributed by atoms with van der Waals surface area (Å²) < 4.78 is 14.8. The van der Waals surface area contributed by atoms with Gasteiger partial charge in [-0.15, -0.1) is 0 Å². The Hall–Kier alpha value is -3.87. The normalized spacial score (nSPS) is 10.3. The van der Waals surface area contributed by atoms with E-state index in [1.165, 1.54) is 39.5 Å². The Kier molecular flexibility index (Phi) is 5.78. The average Bonchev–Trinajstić information content (AvgIpc) is 2.76. The van der Waals surface area contributed by atoms with Gasteiger partial charge in [0.25, 0.3) is 5.91 Å². The van der Waals surface area contributed by atoms with Crippen molar-refractivity contribution in [2.45, 2.75) is 0 Å². The highest BCUT2D eigenvalue weighted by molar-refractivity contribution is 6.09. The number of nitrogens with one attached hydrogen (secondary N) is 1. The van der Waals surface area contributed by atoms with Crippen LogP contribution in [0.4, 0.5) is 5.69 Å². The van der Waals surface area contributed by atoms with Gasteiger partial charge in [0.15, 0.2) is 0 Å². The molecule has 3 rings (SSSR count). The second kappa shape index (κ2) is 8.43. The number of carbonyl (C=O) groups excluding carboxylic acids is 3. The summed E-state index contributed by atoms with van der Waals surface area (Å²) in [6.07, 6.45) is 0. The van der Waals surface area contributed by atoms with E-state index in [0.717, 1.165) is 10.8 Å². The van der Waals surface area contributed by atoms with E-state index in [1.807, 2.05) is 24.3 Å². The lowest BCUT2D eigenvalue weighted by molar-refractivity contribution is 0.0599. The number of carbonyl (C=O) groups is 3. The van der Waals surface area contributed by atoms with Gasteiger partial charge in [-0.2, -0.15) is 0 Å². The molecule has 0 aromatic heterocycles. The van der Waals surface area contributed by atoms with E-state index < -0.39 is 17.8 Å². The molecule has 7 nitrogen and oxygen atoms in total. The van der Waals surface area contributed by atoms with Crippen molar-refractivity contribution in [2.75, 3.05) is 26.6 Å². The molecule has 0 unspecified atom stereocenters. The van der Waals surface area contributed by atoms with Crippen LogP contribution in [0.25, 0.3) is 10.8 Å². The maximum absolute atomic E-state index is 12.9. The first-order valence-electron chi connectivity index (χ1n) is 8.66. The fourth-order valence-electron chi connectivity index (χ4n) is 2.94. The van der Waals surface area contributed by atoms with Crippen molar-refractivity contribution in [1.82, 2.24) is 0 Å². The van der Waals surface area contributed by atoms with Crippen LogP contribution < -0.4 is 10.1 Å². The Morgan fingerprint density at radius 1 is 0.759 bits per heavy atom. The average molecular weight is 393 g/mol. The smallest absolute Gasteiger partial charge is 0.337 e. The number of hydrogen-bond acceptors (Lipinski definition) is 6. The molecule has 1 amide bonds. The van der Waals surface area contributed by atoms with Gasteiger partial charge in [0.1, 0.15) is 5.75 Å². The summed E-state index contributed by atoms with van der Waals surface area (Å²) in [4.78, 5) is 36.8. The molecule has 0 saturated carbocycles. The Labute approximate surface area is 167 Å². The second-order valence-corrected chi connectivity index (χ2v) is 6.14. The third kappa shape index (κ3) is 4.19. The topological polar surface area (TPSA) is 90.9 Å². The predicted octanol–water partition coefficient (Wildman–Crippen LogP) is 3.67. The third-order valence-electron chi connectivity index (χ3n) is 4.35. The van der Waals surface area contributed by atoms with Crippen molar-refractivity contribution >= 4 is 34.3 Å². The molecule has 3 aromatic carbocycles. The summed E-state index contributed by atoms with van der Waals surface area (Å²) in [5, 5.41) is 4.51. The maximum Gasteiger partial charge on any atom is 0.337 e. The van der Waals surface area contributed by atoms with Crippen LogP contribution in [0.3, 0.4) is 0 Å². The van der Waals surface area contributed by atoms with Gasteiger partial charge in [0.2, 0.25) is 0 Å². The molecule has 3 aromatic rings. The predicted molar refractivity (Wildman–Crippen MR) is 108 cm³/mol. The summed E-state index contributed by atoms with van der Waals surface area (Å²) in [7, 11) is 3.94. The number of rotatable bonds is 5. The molecule has 0 heterocycles. The Balaban J connectivity index is 2.01. The van der Waals surface area contributed by atoms with E-state index in [0.29, 0.717) is 11.3 Å². The van der Waals surface area contributed by atoms with Gasteiger partial charge < -0.3 is 19.5 Å². The summed E-state index contributed by atoms with van der Waals surface area (Å²) in [6.45, 7) is 0. The SMILES string of the molecule is COC(=O)c1cc(NC(=O)c2cc3ccccc3cc2OC)cc(C(=O)OC)c1. The van der Waals surface area contributed by atoms with Gasteiger partial charge in [-0.3, -0.25) is 4.79 Å². The van der Waals surface area contributed by atoms with Crippen molar-refractivity contribution < 1.29 is 28.6 Å². The molecule has 0 spiro atoms. The number of methoxy groups -OCH3 is 3. The number of amides is 1. The van der Waals surface area contributed by atoms with Gasteiger partial charge in [-0.05, 0) is 41.1 Å². The van der Waals surface area contributed by atoms with Gasteiger partial charge in [0.05, 0.1) is 38.0 Å². The lowest BCUT2D eigenvalue weighted by Gasteiger charge is -2.12. The molecule has 0 bridgehead atoms. The van der Waals surface area contributed by atoms with Crippen LogP contribution in [-0.2, 0) is 9.47 Å². The third-order valence-corrected chi connectivity index (χ3v) is 4.35. The molecular formula is C22H19NO6. The molecule has 0 aliphatic heterocycles. The zero-order chi connectivity index (χ0) is 21.0. The number of fused-ring (bicyclic) bond motifs is 1. The van der Waals surface area contributed by atoms with E-state index in [2.05, 4.69) is 5.32 Å². The van der Waals surface area contributed by atoms with Crippen LogP contribution in [0, 0.1) is 0 Å². The largest absolute Gasteiger partial charge is 0.496 e. The monoisotopic (exact) mass is 393 g/mol. The highest BCUT2D eigenvalue weighted by Gasteiger charge is 2.18. The summed E-state index contributed by atoms with van der Waals surface area (Å²) in [6, 6.07) is 15.2. The maximum atomic E-state index is 12.9. The van der Waals surface area contributed by atoms with Crippen molar-refractivity contribution in [1.29, 1.82) is 0 Å². The highest BCUT2D eigenvalue weighted by atomic mass is 16.5. The minimum Gasteiger partial charge on any atom is -0.496 e. The molecule has 148 valence electrons. The van der Waals surface area contributed by atoms with Gasteiger partial charge in [-0.25, -0.2) is 9.59 Å².